The molecule has 0 saturated carbocycles. The summed E-state index contributed by atoms with van der Waals surface area (Å²) in [6.07, 6.45) is 33.8. The Morgan fingerprint density at radius 3 is 2.03 bits per heavy atom. The molecule has 0 heterocycles. The predicted octanol–water partition coefficient (Wildman–Crippen LogP) is 11.7. The van der Waals surface area contributed by atoms with Crippen LogP contribution in [0.25, 0.3) is 0 Å². The Morgan fingerprint density at radius 1 is 0.895 bits per heavy atom. The Morgan fingerprint density at radius 2 is 1.47 bits per heavy atom. The van der Waals surface area contributed by atoms with Crippen LogP contribution in [0.1, 0.15) is 151 Å². The zero-order valence-corrected chi connectivity index (χ0v) is 25.9. The third-order valence-electron chi connectivity index (χ3n) is 8.25. The fourth-order valence-electron chi connectivity index (χ4n) is 5.60. The quantitative estimate of drug-likeness (QED) is 0.127. The SMILES string of the molecule is CCCCCCCCCCCCCCC(CC=C(C)/C=C\C=C(C)C=CC1=C(C)CCCC1(C)C)C(=O)O. The molecule has 0 radical (unpaired) electrons. The van der Waals surface area contributed by atoms with Gasteiger partial charge in [-0.05, 0) is 63.9 Å². The molecule has 0 amide bonds. The first kappa shape index (κ1) is 34.2. The molecule has 1 aliphatic rings. The Labute approximate surface area is 236 Å². The van der Waals surface area contributed by atoms with E-state index in [1.54, 1.807) is 0 Å². The summed E-state index contributed by atoms with van der Waals surface area (Å²) in [6.45, 7) is 13.5. The lowest BCUT2D eigenvalue weighted by atomic mass is 9.72. The second-order valence-corrected chi connectivity index (χ2v) is 12.4. The van der Waals surface area contributed by atoms with Crippen molar-refractivity contribution in [1.82, 2.24) is 0 Å². The van der Waals surface area contributed by atoms with Gasteiger partial charge in [0, 0.05) is 0 Å². The van der Waals surface area contributed by atoms with Crippen molar-refractivity contribution in [3.05, 3.63) is 58.7 Å². The maximum Gasteiger partial charge on any atom is 0.306 e. The van der Waals surface area contributed by atoms with Crippen molar-refractivity contribution in [3.8, 4) is 0 Å². The van der Waals surface area contributed by atoms with Crippen molar-refractivity contribution < 1.29 is 9.90 Å². The normalized spacial score (nSPS) is 17.6. The van der Waals surface area contributed by atoms with Gasteiger partial charge in [-0.15, -0.1) is 0 Å². The molecule has 1 N–H and O–H groups in total. The van der Waals surface area contributed by atoms with Crippen LogP contribution in [0.5, 0.6) is 0 Å². The van der Waals surface area contributed by atoms with E-state index in [9.17, 15) is 9.90 Å². The van der Waals surface area contributed by atoms with Crippen molar-refractivity contribution >= 4 is 5.97 Å². The second kappa shape index (κ2) is 20.1. The summed E-state index contributed by atoms with van der Waals surface area (Å²) in [5, 5.41) is 9.67. The largest absolute Gasteiger partial charge is 0.481 e. The number of rotatable bonds is 20. The van der Waals surface area contributed by atoms with Gasteiger partial charge in [0.05, 0.1) is 5.92 Å². The van der Waals surface area contributed by atoms with E-state index in [0.29, 0.717) is 6.42 Å². The predicted molar refractivity (Wildman–Crippen MR) is 168 cm³/mol. The van der Waals surface area contributed by atoms with Crippen molar-refractivity contribution in [2.24, 2.45) is 11.3 Å². The zero-order valence-electron chi connectivity index (χ0n) is 25.9. The lowest BCUT2D eigenvalue weighted by Crippen LogP contribution is -2.19. The molecule has 0 saturated heterocycles. The fraction of sp³-hybridized carbons (Fsp3) is 0.694. The standard InChI is InChI=1S/C36H60O2/c1-7-8-9-10-11-12-13-14-15-16-17-18-24-33(35(37)38)27-25-30(2)21-19-22-31(3)26-28-34-32(4)23-20-29-36(34,5)6/h19,21-22,25-26,28,33H,7-18,20,23-24,27,29H2,1-6H3,(H,37,38)/b21-19-,28-26?,30-25?,31-22?. The van der Waals surface area contributed by atoms with Crippen molar-refractivity contribution in [1.29, 1.82) is 0 Å². The topological polar surface area (TPSA) is 37.3 Å². The molecule has 0 aromatic heterocycles. The van der Waals surface area contributed by atoms with Crippen LogP contribution in [0.2, 0.25) is 0 Å². The highest BCUT2D eigenvalue weighted by molar-refractivity contribution is 5.70. The molecule has 1 atom stereocenters. The van der Waals surface area contributed by atoms with Gasteiger partial charge in [-0.1, -0.05) is 151 Å². The minimum absolute atomic E-state index is 0.266. The molecule has 38 heavy (non-hydrogen) atoms. The van der Waals surface area contributed by atoms with E-state index in [4.69, 9.17) is 0 Å². The van der Waals surface area contributed by atoms with Gasteiger partial charge in [0.1, 0.15) is 0 Å². The molecular weight excluding hydrogens is 464 g/mol. The molecule has 1 unspecified atom stereocenters. The van der Waals surface area contributed by atoms with Gasteiger partial charge >= 0.3 is 5.97 Å². The fourth-order valence-corrected chi connectivity index (χ4v) is 5.60. The molecule has 0 aromatic carbocycles. The lowest BCUT2D eigenvalue weighted by molar-refractivity contribution is -0.141. The highest BCUT2D eigenvalue weighted by Gasteiger charge is 2.26. The molecular formula is C36H60O2. The lowest BCUT2D eigenvalue weighted by Gasteiger charge is -2.32. The minimum Gasteiger partial charge on any atom is -0.481 e. The molecule has 1 rings (SSSR count). The Kier molecular flexibility index (Phi) is 18.1. The first-order valence-electron chi connectivity index (χ1n) is 15.8. The van der Waals surface area contributed by atoms with Gasteiger partial charge in [-0.2, -0.15) is 0 Å². The maximum atomic E-state index is 11.8. The van der Waals surface area contributed by atoms with E-state index in [2.05, 4.69) is 78.0 Å². The average molecular weight is 525 g/mol. The number of carbonyl (C=O) groups is 1. The van der Waals surface area contributed by atoms with Crippen LogP contribution in [0.4, 0.5) is 0 Å². The smallest absolute Gasteiger partial charge is 0.306 e. The van der Waals surface area contributed by atoms with Gasteiger partial charge < -0.3 is 5.11 Å². The Balaban J connectivity index is 2.34. The summed E-state index contributed by atoms with van der Waals surface area (Å²) in [4.78, 5) is 11.8. The van der Waals surface area contributed by atoms with Crippen molar-refractivity contribution in [2.75, 3.05) is 0 Å². The van der Waals surface area contributed by atoms with Gasteiger partial charge in [-0.25, -0.2) is 0 Å². The molecule has 2 heteroatoms. The average Bonchev–Trinajstić information content (AvgIpc) is 2.85. The third-order valence-corrected chi connectivity index (χ3v) is 8.25. The number of carboxylic acid groups (broad SMARTS) is 1. The van der Waals surface area contributed by atoms with E-state index in [1.165, 1.54) is 100 Å². The van der Waals surface area contributed by atoms with Gasteiger partial charge in [-0.3, -0.25) is 4.79 Å². The van der Waals surface area contributed by atoms with Gasteiger partial charge in [0.2, 0.25) is 0 Å². The monoisotopic (exact) mass is 524 g/mol. The zero-order chi connectivity index (χ0) is 28.2. The molecule has 0 aliphatic heterocycles. The second-order valence-electron chi connectivity index (χ2n) is 12.4. The van der Waals surface area contributed by atoms with Gasteiger partial charge in [0.15, 0.2) is 0 Å². The van der Waals surface area contributed by atoms with Crippen LogP contribution in [0, 0.1) is 11.3 Å². The molecule has 0 fully saturated rings. The van der Waals surface area contributed by atoms with E-state index in [-0.39, 0.29) is 11.3 Å². The highest BCUT2D eigenvalue weighted by atomic mass is 16.4. The molecule has 2 nitrogen and oxygen atoms in total. The number of aliphatic carboxylic acids is 1. The Bertz CT molecular complexity index is 818. The van der Waals surface area contributed by atoms with E-state index in [1.807, 2.05) is 0 Å². The van der Waals surface area contributed by atoms with E-state index in [0.717, 1.165) is 24.8 Å². The Hall–Kier alpha value is -1.83. The summed E-state index contributed by atoms with van der Waals surface area (Å²) in [6, 6.07) is 0. The van der Waals surface area contributed by atoms with Crippen molar-refractivity contribution in [3.63, 3.8) is 0 Å². The van der Waals surface area contributed by atoms with Crippen LogP contribution >= 0.6 is 0 Å². The van der Waals surface area contributed by atoms with E-state index >= 15 is 0 Å². The third kappa shape index (κ3) is 15.6. The minimum atomic E-state index is -0.655. The summed E-state index contributed by atoms with van der Waals surface area (Å²) in [5.41, 5.74) is 5.64. The van der Waals surface area contributed by atoms with Crippen LogP contribution in [-0.4, -0.2) is 11.1 Å². The molecule has 0 spiro atoms. The summed E-state index contributed by atoms with van der Waals surface area (Å²) in [7, 11) is 0. The number of carboxylic acids is 1. The van der Waals surface area contributed by atoms with Crippen LogP contribution in [-0.2, 0) is 4.79 Å². The number of allylic oxidation sites excluding steroid dienone is 10. The number of hydrogen-bond donors (Lipinski definition) is 1. The van der Waals surface area contributed by atoms with Crippen molar-refractivity contribution in [2.45, 2.75) is 151 Å². The molecule has 1 aliphatic carbocycles. The first-order valence-corrected chi connectivity index (χ1v) is 15.8. The maximum absolute atomic E-state index is 11.8. The molecule has 0 aromatic rings. The first-order chi connectivity index (χ1) is 18.2. The van der Waals surface area contributed by atoms with E-state index < -0.39 is 5.97 Å². The summed E-state index contributed by atoms with van der Waals surface area (Å²) in [5.74, 6) is -0.922. The number of hydrogen-bond acceptors (Lipinski definition) is 1. The van der Waals surface area contributed by atoms with Gasteiger partial charge in [0.25, 0.3) is 0 Å². The summed E-state index contributed by atoms with van der Waals surface area (Å²) >= 11 is 0. The molecule has 0 bridgehead atoms. The number of unbranched alkanes of at least 4 members (excludes halogenated alkanes) is 11. The van der Waals surface area contributed by atoms with Crippen LogP contribution in [0.3, 0.4) is 0 Å². The molecule has 216 valence electrons. The van der Waals surface area contributed by atoms with Crippen LogP contribution < -0.4 is 0 Å². The summed E-state index contributed by atoms with van der Waals surface area (Å²) < 4.78 is 0. The van der Waals surface area contributed by atoms with Crippen LogP contribution in [0.15, 0.2) is 58.7 Å². The highest BCUT2D eigenvalue weighted by Crippen LogP contribution is 2.40.